The summed E-state index contributed by atoms with van der Waals surface area (Å²) in [7, 11) is 1.48. The van der Waals surface area contributed by atoms with Gasteiger partial charge < -0.3 is 19.0 Å². The molecule has 3 heterocycles. The molecule has 186 valence electrons. The van der Waals surface area contributed by atoms with Crippen molar-refractivity contribution in [2.45, 2.75) is 12.1 Å². The van der Waals surface area contributed by atoms with Crippen molar-refractivity contribution in [3.8, 4) is 0 Å². The number of hydrogen-bond acceptors (Lipinski definition) is 5. The van der Waals surface area contributed by atoms with Gasteiger partial charge in [-0.3, -0.25) is 14.4 Å². The number of amides is 2. The first-order valence-electron chi connectivity index (χ1n) is 11.6. The molecule has 7 nitrogen and oxygen atoms in total. The lowest BCUT2D eigenvalue weighted by atomic mass is 9.84. The SMILES string of the molecule is COCCN1C(=O)c2oc3ccc(F)cc3c(=O)c2C12C(=O)N(Cc1ccccc1Cl)c1ccccc12. The van der Waals surface area contributed by atoms with Gasteiger partial charge in [0, 0.05) is 24.2 Å². The Bertz CT molecular complexity index is 1670. The van der Waals surface area contributed by atoms with Crippen LogP contribution < -0.4 is 10.3 Å². The van der Waals surface area contributed by atoms with Crippen LogP contribution in [0.4, 0.5) is 10.1 Å². The third-order valence-electron chi connectivity index (χ3n) is 7.00. The first-order valence-corrected chi connectivity index (χ1v) is 12.0. The van der Waals surface area contributed by atoms with E-state index < -0.39 is 28.6 Å². The summed E-state index contributed by atoms with van der Waals surface area (Å²) < 4.78 is 25.3. The van der Waals surface area contributed by atoms with E-state index in [1.165, 1.54) is 23.0 Å². The Morgan fingerprint density at radius 2 is 1.78 bits per heavy atom. The number of para-hydroxylation sites is 1. The van der Waals surface area contributed by atoms with Crippen molar-refractivity contribution >= 4 is 40.1 Å². The average Bonchev–Trinajstić information content (AvgIpc) is 3.29. The Morgan fingerprint density at radius 3 is 2.57 bits per heavy atom. The van der Waals surface area contributed by atoms with Gasteiger partial charge in [0.1, 0.15) is 11.4 Å². The zero-order valence-electron chi connectivity index (χ0n) is 19.7. The molecule has 6 rings (SSSR count). The predicted octanol–water partition coefficient (Wildman–Crippen LogP) is 4.48. The van der Waals surface area contributed by atoms with Crippen LogP contribution in [-0.4, -0.2) is 37.0 Å². The van der Waals surface area contributed by atoms with Crippen LogP contribution in [-0.2, 0) is 21.6 Å². The van der Waals surface area contributed by atoms with Gasteiger partial charge in [-0.25, -0.2) is 4.39 Å². The molecular weight excluding hydrogens is 499 g/mol. The van der Waals surface area contributed by atoms with Crippen LogP contribution in [0.2, 0.25) is 5.02 Å². The van der Waals surface area contributed by atoms with E-state index in [4.69, 9.17) is 20.8 Å². The summed E-state index contributed by atoms with van der Waals surface area (Å²) in [4.78, 5) is 45.1. The van der Waals surface area contributed by atoms with E-state index in [0.29, 0.717) is 21.8 Å². The Balaban J connectivity index is 1.66. The Hall–Kier alpha value is -4.01. The summed E-state index contributed by atoms with van der Waals surface area (Å²) in [5.41, 5.74) is -0.798. The largest absolute Gasteiger partial charge is 0.450 e. The highest BCUT2D eigenvalue weighted by Crippen LogP contribution is 2.52. The minimum Gasteiger partial charge on any atom is -0.450 e. The molecule has 2 amide bonds. The highest BCUT2D eigenvalue weighted by molar-refractivity contribution is 6.31. The van der Waals surface area contributed by atoms with Gasteiger partial charge in [0.05, 0.1) is 29.8 Å². The van der Waals surface area contributed by atoms with Gasteiger partial charge in [-0.1, -0.05) is 48.0 Å². The first kappa shape index (κ1) is 23.4. The van der Waals surface area contributed by atoms with Crippen molar-refractivity contribution in [2.24, 2.45) is 0 Å². The van der Waals surface area contributed by atoms with Crippen LogP contribution >= 0.6 is 11.6 Å². The van der Waals surface area contributed by atoms with Crippen molar-refractivity contribution in [1.82, 2.24) is 4.90 Å². The molecule has 9 heteroatoms. The van der Waals surface area contributed by atoms with Gasteiger partial charge in [-0.2, -0.15) is 0 Å². The minimum absolute atomic E-state index is 0.0175. The Kier molecular flexibility index (Phi) is 5.40. The zero-order valence-corrected chi connectivity index (χ0v) is 20.4. The number of halogens is 2. The number of fused-ring (bicyclic) bond motifs is 5. The van der Waals surface area contributed by atoms with E-state index in [1.807, 2.05) is 12.1 Å². The summed E-state index contributed by atoms with van der Waals surface area (Å²) in [6, 6.07) is 17.7. The first-order chi connectivity index (χ1) is 17.9. The number of nitrogens with zero attached hydrogens (tertiary/aromatic N) is 2. The van der Waals surface area contributed by atoms with Crippen molar-refractivity contribution in [2.75, 3.05) is 25.2 Å². The Morgan fingerprint density at radius 1 is 1.03 bits per heavy atom. The second-order valence-corrected chi connectivity index (χ2v) is 9.34. The second-order valence-electron chi connectivity index (χ2n) is 8.94. The standard InChI is InChI=1S/C28H20ClFN2O5/c1-36-13-12-32-26(34)25-23(24(33)18-14-17(30)10-11-22(18)37-25)28(32)19-7-3-5-9-21(19)31(27(28)35)15-16-6-2-4-8-20(16)29/h2-11,14H,12-13,15H2,1H3. The molecule has 4 aromatic rings. The van der Waals surface area contributed by atoms with Gasteiger partial charge in [-0.15, -0.1) is 0 Å². The summed E-state index contributed by atoms with van der Waals surface area (Å²) >= 11 is 6.42. The fraction of sp³-hybridized carbons (Fsp3) is 0.179. The lowest BCUT2D eigenvalue weighted by Gasteiger charge is -2.34. The number of methoxy groups -OCH3 is 1. The van der Waals surface area contributed by atoms with Crippen molar-refractivity contribution in [3.05, 3.63) is 110 Å². The number of hydrogen-bond donors (Lipinski definition) is 0. The van der Waals surface area contributed by atoms with Crippen LogP contribution in [0.3, 0.4) is 0 Å². The summed E-state index contributed by atoms with van der Waals surface area (Å²) in [6.07, 6.45) is 0. The van der Waals surface area contributed by atoms with Gasteiger partial charge in [0.25, 0.3) is 11.8 Å². The molecule has 1 unspecified atom stereocenters. The van der Waals surface area contributed by atoms with Crippen molar-refractivity contribution < 1.29 is 23.1 Å². The zero-order chi connectivity index (χ0) is 25.9. The van der Waals surface area contributed by atoms with E-state index in [1.54, 1.807) is 36.4 Å². The predicted molar refractivity (Wildman–Crippen MR) is 135 cm³/mol. The van der Waals surface area contributed by atoms with Crippen molar-refractivity contribution in [1.29, 1.82) is 0 Å². The maximum Gasteiger partial charge on any atom is 0.291 e. The molecule has 0 N–H and O–H groups in total. The van der Waals surface area contributed by atoms with E-state index >= 15 is 0 Å². The van der Waals surface area contributed by atoms with Crippen LogP contribution in [0.1, 0.15) is 27.2 Å². The summed E-state index contributed by atoms with van der Waals surface area (Å²) in [5, 5.41) is 0.434. The normalized spacial score (nSPS) is 18.2. The number of ether oxygens (including phenoxy) is 1. The average molecular weight is 519 g/mol. The molecule has 2 aliphatic rings. The lowest BCUT2D eigenvalue weighted by Crippen LogP contribution is -2.54. The molecule has 0 radical (unpaired) electrons. The number of carbonyl (C=O) groups is 2. The smallest absolute Gasteiger partial charge is 0.291 e. The maximum atomic E-state index is 14.5. The van der Waals surface area contributed by atoms with Gasteiger partial charge >= 0.3 is 0 Å². The molecule has 0 saturated heterocycles. The molecule has 0 fully saturated rings. The third kappa shape index (κ3) is 3.19. The van der Waals surface area contributed by atoms with E-state index in [-0.39, 0.29) is 42.0 Å². The van der Waals surface area contributed by atoms with Gasteiger partial charge in [0.15, 0.2) is 11.0 Å². The topological polar surface area (TPSA) is 80.1 Å². The summed E-state index contributed by atoms with van der Waals surface area (Å²) in [6.45, 7) is 0.250. The monoisotopic (exact) mass is 518 g/mol. The number of anilines is 1. The van der Waals surface area contributed by atoms with E-state index in [0.717, 1.165) is 12.1 Å². The van der Waals surface area contributed by atoms with E-state index in [2.05, 4.69) is 0 Å². The molecule has 37 heavy (non-hydrogen) atoms. The van der Waals surface area contributed by atoms with Crippen LogP contribution in [0.25, 0.3) is 11.0 Å². The second kappa shape index (κ2) is 8.54. The van der Waals surface area contributed by atoms with Crippen molar-refractivity contribution in [3.63, 3.8) is 0 Å². The van der Waals surface area contributed by atoms with Crippen LogP contribution in [0.5, 0.6) is 0 Å². The van der Waals surface area contributed by atoms with Crippen LogP contribution in [0, 0.1) is 5.82 Å². The summed E-state index contributed by atoms with van der Waals surface area (Å²) in [5.74, 6) is -1.98. The third-order valence-corrected chi connectivity index (χ3v) is 7.37. The number of carbonyl (C=O) groups excluding carboxylic acids is 2. The quantitative estimate of drug-likeness (QED) is 0.389. The molecule has 0 bridgehead atoms. The van der Waals surface area contributed by atoms with Gasteiger partial charge in [0.2, 0.25) is 5.76 Å². The molecule has 1 atom stereocenters. The Labute approximate surface area is 215 Å². The fourth-order valence-corrected chi connectivity index (χ4v) is 5.60. The van der Waals surface area contributed by atoms with E-state index in [9.17, 15) is 18.8 Å². The highest BCUT2D eigenvalue weighted by Gasteiger charge is 2.64. The highest BCUT2D eigenvalue weighted by atomic mass is 35.5. The molecule has 2 aliphatic heterocycles. The molecular formula is C28H20ClFN2O5. The molecule has 1 spiro atoms. The molecule has 0 aliphatic carbocycles. The molecule has 0 saturated carbocycles. The molecule has 1 aromatic heterocycles. The maximum absolute atomic E-state index is 14.5. The van der Waals surface area contributed by atoms with Crippen LogP contribution in [0.15, 0.2) is 75.9 Å². The van der Waals surface area contributed by atoms with Gasteiger partial charge in [-0.05, 0) is 35.9 Å². The lowest BCUT2D eigenvalue weighted by molar-refractivity contribution is -0.126. The number of benzene rings is 3. The fourth-order valence-electron chi connectivity index (χ4n) is 5.40. The number of rotatable bonds is 5. The minimum atomic E-state index is -1.80. The molecule has 3 aromatic carbocycles.